The van der Waals surface area contributed by atoms with Crippen molar-refractivity contribution in [3.8, 4) is 17.0 Å². The molecular formula is C24H25F3N4O3S. The van der Waals surface area contributed by atoms with Crippen molar-refractivity contribution in [3.63, 3.8) is 0 Å². The fourth-order valence-electron chi connectivity index (χ4n) is 3.21. The maximum absolute atomic E-state index is 12.8. The third-order valence-electron chi connectivity index (χ3n) is 5.10. The minimum atomic E-state index is -4.52. The van der Waals surface area contributed by atoms with Gasteiger partial charge >= 0.3 is 6.18 Å². The van der Waals surface area contributed by atoms with Gasteiger partial charge in [-0.25, -0.2) is 4.98 Å². The van der Waals surface area contributed by atoms with E-state index in [0.717, 1.165) is 35.2 Å². The minimum absolute atomic E-state index is 0.0559. The van der Waals surface area contributed by atoms with Gasteiger partial charge in [-0.2, -0.15) is 13.2 Å². The molecule has 0 aliphatic heterocycles. The molecule has 1 aromatic heterocycles. The lowest BCUT2D eigenvalue weighted by Crippen LogP contribution is -2.14. The number of hydrogen-bond acceptors (Lipinski definition) is 6. The van der Waals surface area contributed by atoms with E-state index in [9.17, 15) is 22.8 Å². The summed E-state index contributed by atoms with van der Waals surface area (Å²) in [6.07, 6.45) is -2.51. The van der Waals surface area contributed by atoms with Crippen molar-refractivity contribution in [1.82, 2.24) is 4.98 Å². The van der Waals surface area contributed by atoms with Gasteiger partial charge in [0.15, 0.2) is 5.13 Å². The zero-order valence-electron chi connectivity index (χ0n) is 18.9. The first-order chi connectivity index (χ1) is 16.7. The number of alkyl halides is 3. The molecule has 0 saturated carbocycles. The fourth-order valence-corrected chi connectivity index (χ4v) is 3.94. The summed E-state index contributed by atoms with van der Waals surface area (Å²) in [5, 5.41) is 7.54. The number of methoxy groups -OCH3 is 1. The van der Waals surface area contributed by atoms with E-state index in [0.29, 0.717) is 24.4 Å². The number of amides is 2. The Hall–Kier alpha value is -3.60. The van der Waals surface area contributed by atoms with Gasteiger partial charge in [0.25, 0.3) is 0 Å². The molecule has 0 saturated heterocycles. The smallest absolute Gasteiger partial charge is 0.416 e. The molecule has 4 N–H and O–H groups in total. The molecule has 0 radical (unpaired) electrons. The van der Waals surface area contributed by atoms with Crippen molar-refractivity contribution < 1.29 is 27.5 Å². The Morgan fingerprint density at radius 3 is 2.29 bits per heavy atom. The molecule has 186 valence electrons. The quantitative estimate of drug-likeness (QED) is 0.233. The zero-order valence-corrected chi connectivity index (χ0v) is 19.8. The standard InChI is InChI=1S/C24H25F3N4O3S/c1-34-17-10-7-15(8-11-17)20-14-35-23(30-20)31-22(33)6-4-2-3-5-21(32)29-19-13-16(24(25,26)27)9-12-18(19)28/h7-14H,2-6,28H2,1H3,(H,29,32)(H,30,31,33). The number of thiazole rings is 1. The summed E-state index contributed by atoms with van der Waals surface area (Å²) in [6, 6.07) is 10.2. The van der Waals surface area contributed by atoms with Crippen LogP contribution in [0.15, 0.2) is 47.8 Å². The Morgan fingerprint density at radius 1 is 1.00 bits per heavy atom. The minimum Gasteiger partial charge on any atom is -0.497 e. The summed E-state index contributed by atoms with van der Waals surface area (Å²) in [5.41, 5.74) is 6.43. The third-order valence-corrected chi connectivity index (χ3v) is 5.86. The van der Waals surface area contributed by atoms with E-state index < -0.39 is 17.6 Å². The van der Waals surface area contributed by atoms with Crippen molar-refractivity contribution in [2.24, 2.45) is 0 Å². The van der Waals surface area contributed by atoms with Gasteiger partial charge in [0.05, 0.1) is 29.7 Å². The van der Waals surface area contributed by atoms with Crippen molar-refractivity contribution in [2.75, 3.05) is 23.5 Å². The number of aromatic nitrogens is 1. The zero-order chi connectivity index (χ0) is 25.4. The molecule has 0 spiro atoms. The summed E-state index contributed by atoms with van der Waals surface area (Å²) in [7, 11) is 1.59. The van der Waals surface area contributed by atoms with Crippen LogP contribution in [0.1, 0.15) is 37.7 Å². The first-order valence-corrected chi connectivity index (χ1v) is 11.7. The molecule has 0 fully saturated rings. The summed E-state index contributed by atoms with van der Waals surface area (Å²) in [5.74, 6) is 0.130. The molecule has 0 aliphatic carbocycles. The Labute approximate surface area is 204 Å². The Kier molecular flexibility index (Phi) is 8.69. The SMILES string of the molecule is COc1ccc(-c2csc(NC(=O)CCCCCC(=O)Nc3cc(C(F)(F)F)ccc3N)n2)cc1. The van der Waals surface area contributed by atoms with Gasteiger partial charge in [-0.05, 0) is 55.3 Å². The highest BCUT2D eigenvalue weighted by Gasteiger charge is 2.31. The van der Waals surface area contributed by atoms with Crippen molar-refractivity contribution in [2.45, 2.75) is 38.3 Å². The average Bonchev–Trinajstić information content (AvgIpc) is 3.28. The van der Waals surface area contributed by atoms with Crippen LogP contribution in [0, 0.1) is 0 Å². The number of benzene rings is 2. The van der Waals surface area contributed by atoms with Crippen molar-refractivity contribution in [1.29, 1.82) is 0 Å². The molecule has 0 bridgehead atoms. The number of rotatable bonds is 10. The van der Waals surface area contributed by atoms with Crippen LogP contribution < -0.4 is 21.1 Å². The second-order valence-corrected chi connectivity index (χ2v) is 8.58. The number of anilines is 3. The topological polar surface area (TPSA) is 106 Å². The largest absolute Gasteiger partial charge is 0.497 e. The number of ether oxygens (including phenoxy) is 1. The van der Waals surface area contributed by atoms with Gasteiger partial charge in [0.2, 0.25) is 11.8 Å². The van der Waals surface area contributed by atoms with Crippen molar-refractivity contribution in [3.05, 3.63) is 53.4 Å². The van der Waals surface area contributed by atoms with E-state index in [1.54, 1.807) is 7.11 Å². The van der Waals surface area contributed by atoms with Crippen LogP contribution in [0.2, 0.25) is 0 Å². The number of nitrogens with zero attached hydrogens (tertiary/aromatic N) is 1. The fraction of sp³-hybridized carbons (Fsp3) is 0.292. The Bertz CT molecular complexity index is 1160. The molecule has 3 aromatic rings. The van der Waals surface area contributed by atoms with E-state index in [1.165, 1.54) is 11.3 Å². The van der Waals surface area contributed by atoms with Crippen LogP contribution >= 0.6 is 11.3 Å². The summed E-state index contributed by atoms with van der Waals surface area (Å²) < 4.78 is 43.7. The van der Waals surface area contributed by atoms with Gasteiger partial charge in [-0.3, -0.25) is 9.59 Å². The molecule has 11 heteroatoms. The molecule has 3 rings (SSSR count). The highest BCUT2D eigenvalue weighted by molar-refractivity contribution is 7.14. The normalized spacial score (nSPS) is 11.2. The lowest BCUT2D eigenvalue weighted by molar-refractivity contribution is -0.137. The number of unbranched alkanes of at least 4 members (excludes halogenated alkanes) is 2. The lowest BCUT2D eigenvalue weighted by atomic mass is 10.1. The Morgan fingerprint density at radius 2 is 1.66 bits per heavy atom. The molecule has 0 atom stereocenters. The number of halogens is 3. The predicted molar refractivity (Wildman–Crippen MR) is 130 cm³/mol. The van der Waals surface area contributed by atoms with E-state index >= 15 is 0 Å². The maximum Gasteiger partial charge on any atom is 0.416 e. The predicted octanol–water partition coefficient (Wildman–Crippen LogP) is 5.95. The number of nitrogens with two attached hydrogens (primary N) is 1. The molecule has 35 heavy (non-hydrogen) atoms. The monoisotopic (exact) mass is 506 g/mol. The lowest BCUT2D eigenvalue weighted by Gasteiger charge is -2.12. The van der Waals surface area contributed by atoms with Crippen LogP contribution in [0.4, 0.5) is 29.7 Å². The summed E-state index contributed by atoms with van der Waals surface area (Å²) in [4.78, 5) is 28.7. The highest BCUT2D eigenvalue weighted by Crippen LogP contribution is 2.33. The molecule has 2 aromatic carbocycles. The Balaban J connectivity index is 1.37. The van der Waals surface area contributed by atoms with Crippen LogP contribution in [0.25, 0.3) is 11.3 Å². The number of carbonyl (C=O) groups is 2. The summed E-state index contributed by atoms with van der Waals surface area (Å²) >= 11 is 1.33. The van der Waals surface area contributed by atoms with Gasteiger partial charge in [0, 0.05) is 23.8 Å². The van der Waals surface area contributed by atoms with E-state index in [1.807, 2.05) is 29.6 Å². The number of nitrogen functional groups attached to an aromatic ring is 1. The number of hydrogen-bond donors (Lipinski definition) is 3. The highest BCUT2D eigenvalue weighted by atomic mass is 32.1. The molecule has 0 unspecified atom stereocenters. The van der Waals surface area contributed by atoms with E-state index in [4.69, 9.17) is 10.5 Å². The molecular weight excluding hydrogens is 481 g/mol. The molecule has 1 heterocycles. The van der Waals surface area contributed by atoms with Crippen LogP contribution in [-0.2, 0) is 15.8 Å². The van der Waals surface area contributed by atoms with Crippen LogP contribution in [0.5, 0.6) is 5.75 Å². The van der Waals surface area contributed by atoms with Gasteiger partial charge < -0.3 is 21.1 Å². The van der Waals surface area contributed by atoms with Crippen molar-refractivity contribution >= 4 is 39.7 Å². The second kappa shape index (κ2) is 11.7. The second-order valence-electron chi connectivity index (χ2n) is 7.72. The van der Waals surface area contributed by atoms with Crippen LogP contribution in [-0.4, -0.2) is 23.9 Å². The summed E-state index contributed by atoms with van der Waals surface area (Å²) in [6.45, 7) is 0. The molecule has 2 amide bonds. The first-order valence-electron chi connectivity index (χ1n) is 10.8. The number of carbonyl (C=O) groups excluding carboxylic acids is 2. The van der Waals surface area contributed by atoms with E-state index in [2.05, 4.69) is 15.6 Å². The van der Waals surface area contributed by atoms with Crippen LogP contribution in [0.3, 0.4) is 0 Å². The van der Waals surface area contributed by atoms with Gasteiger partial charge in [-0.1, -0.05) is 6.42 Å². The average molecular weight is 507 g/mol. The third kappa shape index (κ3) is 7.71. The maximum atomic E-state index is 12.8. The number of nitrogens with one attached hydrogen (secondary N) is 2. The molecule has 0 aliphatic rings. The molecule has 7 nitrogen and oxygen atoms in total. The van der Waals surface area contributed by atoms with E-state index in [-0.39, 0.29) is 30.1 Å². The van der Waals surface area contributed by atoms with Gasteiger partial charge in [-0.15, -0.1) is 11.3 Å². The first kappa shape index (κ1) is 26.0. The van der Waals surface area contributed by atoms with Gasteiger partial charge in [0.1, 0.15) is 5.75 Å².